The molecule has 0 fully saturated rings. The number of allylic oxidation sites excluding steroid dienone is 1. The minimum Gasteiger partial charge on any atom is -0.457 e. The van der Waals surface area contributed by atoms with Gasteiger partial charge < -0.3 is 4.42 Å². The molecule has 0 saturated heterocycles. The van der Waals surface area contributed by atoms with Crippen molar-refractivity contribution in [3.63, 3.8) is 0 Å². The van der Waals surface area contributed by atoms with Gasteiger partial charge in [0.1, 0.15) is 11.5 Å². The number of furan rings is 1. The molecule has 1 aromatic heterocycles. The Morgan fingerprint density at radius 1 is 0.806 bits per heavy atom. The van der Waals surface area contributed by atoms with Gasteiger partial charge in [0, 0.05) is 5.56 Å². The Morgan fingerprint density at radius 3 is 1.87 bits per heavy atom. The molecule has 2 nitrogen and oxygen atoms in total. The summed E-state index contributed by atoms with van der Waals surface area (Å²) in [5.41, 5.74) is -1.82. The summed E-state index contributed by atoms with van der Waals surface area (Å²) < 4.78 is 81.8. The highest BCUT2D eigenvalue weighted by molar-refractivity contribution is 6.39. The highest BCUT2D eigenvalue weighted by Gasteiger charge is 2.32. The van der Waals surface area contributed by atoms with Crippen LogP contribution in [-0.4, -0.2) is 5.78 Å². The normalized spacial score (nSPS) is 12.5. The molecule has 0 N–H and O–H groups in total. The molecule has 0 aliphatic carbocycles. The molecule has 0 spiro atoms. The molecule has 0 aliphatic heterocycles. The summed E-state index contributed by atoms with van der Waals surface area (Å²) in [6.07, 6.45) is -6.79. The number of ketones is 1. The van der Waals surface area contributed by atoms with Gasteiger partial charge in [0.15, 0.2) is 5.78 Å². The fraction of sp³-hybridized carbons (Fsp3) is 0.0952. The maximum absolute atomic E-state index is 12.8. The van der Waals surface area contributed by atoms with Crippen molar-refractivity contribution < 1.29 is 35.6 Å². The molecule has 10 heteroatoms. The first kappa shape index (κ1) is 23.0. The molecule has 1 heterocycles. The van der Waals surface area contributed by atoms with Gasteiger partial charge in [-0.1, -0.05) is 35.3 Å². The van der Waals surface area contributed by atoms with Crippen molar-refractivity contribution >= 4 is 35.1 Å². The van der Waals surface area contributed by atoms with E-state index >= 15 is 0 Å². The standard InChI is InChI=1S/C21H10Cl2F6O2/c22-15-9-13(21(27,28)29)10-16(23)19(15)18-8-6-14(31-18)5-7-17(30)11-1-3-12(4-2-11)20(24,25)26/h1-10H/b7-5+. The molecule has 0 aliphatic rings. The number of carbonyl (C=O) groups excluding carboxylic acids is 1. The Morgan fingerprint density at radius 2 is 1.35 bits per heavy atom. The van der Waals surface area contributed by atoms with Gasteiger partial charge in [0.25, 0.3) is 0 Å². The van der Waals surface area contributed by atoms with E-state index in [9.17, 15) is 31.1 Å². The highest BCUT2D eigenvalue weighted by Crippen LogP contribution is 2.41. The summed E-state index contributed by atoms with van der Waals surface area (Å²) in [5.74, 6) is -0.343. The molecule has 0 saturated carbocycles. The SMILES string of the molecule is O=C(/C=C/c1ccc(-c2c(Cl)cc(C(F)(F)F)cc2Cl)o1)c1ccc(C(F)(F)F)cc1. The van der Waals surface area contributed by atoms with Crippen LogP contribution in [0.1, 0.15) is 27.2 Å². The van der Waals surface area contributed by atoms with Crippen LogP contribution in [0.5, 0.6) is 0 Å². The van der Waals surface area contributed by atoms with Crippen LogP contribution < -0.4 is 0 Å². The summed E-state index contributed by atoms with van der Waals surface area (Å²) in [4.78, 5) is 12.1. The Labute approximate surface area is 181 Å². The van der Waals surface area contributed by atoms with Crippen molar-refractivity contribution in [2.75, 3.05) is 0 Å². The molecule has 0 radical (unpaired) electrons. The van der Waals surface area contributed by atoms with E-state index in [1.807, 2.05) is 0 Å². The van der Waals surface area contributed by atoms with Gasteiger partial charge in [0.2, 0.25) is 0 Å². The zero-order chi connectivity index (χ0) is 23.0. The summed E-state index contributed by atoms with van der Waals surface area (Å²) in [6, 6.07) is 7.94. The van der Waals surface area contributed by atoms with Crippen molar-refractivity contribution in [3.05, 3.63) is 87.1 Å². The van der Waals surface area contributed by atoms with E-state index in [0.29, 0.717) is 0 Å². The molecule has 3 aromatic rings. The molecule has 162 valence electrons. The zero-order valence-corrected chi connectivity index (χ0v) is 16.6. The minimum absolute atomic E-state index is 0.0323. The lowest BCUT2D eigenvalue weighted by molar-refractivity contribution is -0.138. The molecule has 0 amide bonds. The Kier molecular flexibility index (Phi) is 6.25. The van der Waals surface area contributed by atoms with E-state index in [-0.39, 0.29) is 32.7 Å². The van der Waals surface area contributed by atoms with Gasteiger partial charge in [-0.05, 0) is 48.6 Å². The second-order valence-corrected chi connectivity index (χ2v) is 7.10. The quantitative estimate of drug-likeness (QED) is 0.215. The fourth-order valence-corrected chi connectivity index (χ4v) is 3.30. The lowest BCUT2D eigenvalue weighted by atomic mass is 10.1. The van der Waals surface area contributed by atoms with Gasteiger partial charge in [-0.3, -0.25) is 4.79 Å². The molecule has 31 heavy (non-hydrogen) atoms. The number of hydrogen-bond acceptors (Lipinski definition) is 2. The lowest BCUT2D eigenvalue weighted by Gasteiger charge is -2.10. The van der Waals surface area contributed by atoms with E-state index in [1.165, 1.54) is 18.2 Å². The van der Waals surface area contributed by atoms with Gasteiger partial charge in [0.05, 0.1) is 26.7 Å². The molecular weight excluding hydrogens is 469 g/mol. The molecular formula is C21H10Cl2F6O2. The Balaban J connectivity index is 1.80. The van der Waals surface area contributed by atoms with Gasteiger partial charge in [-0.25, -0.2) is 0 Å². The van der Waals surface area contributed by atoms with Gasteiger partial charge in [-0.2, -0.15) is 26.3 Å². The summed E-state index contributed by atoms with van der Waals surface area (Å²) in [5, 5.41) is -0.545. The van der Waals surface area contributed by atoms with Crippen LogP contribution in [0.2, 0.25) is 10.0 Å². The van der Waals surface area contributed by atoms with E-state index in [1.54, 1.807) is 0 Å². The van der Waals surface area contributed by atoms with E-state index in [0.717, 1.165) is 42.5 Å². The van der Waals surface area contributed by atoms with Crippen LogP contribution >= 0.6 is 23.2 Å². The van der Waals surface area contributed by atoms with Gasteiger partial charge in [-0.15, -0.1) is 0 Å². The molecule has 0 unspecified atom stereocenters. The largest absolute Gasteiger partial charge is 0.457 e. The highest BCUT2D eigenvalue weighted by atomic mass is 35.5. The molecule has 3 rings (SSSR count). The molecule has 0 bridgehead atoms. The average Bonchev–Trinajstić information content (AvgIpc) is 3.12. The second kappa shape index (κ2) is 8.43. The van der Waals surface area contributed by atoms with Crippen molar-refractivity contribution in [3.8, 4) is 11.3 Å². The van der Waals surface area contributed by atoms with Gasteiger partial charge >= 0.3 is 12.4 Å². The maximum Gasteiger partial charge on any atom is 0.416 e. The predicted octanol–water partition coefficient (Wildman–Crippen LogP) is 8.19. The predicted molar refractivity (Wildman–Crippen MR) is 104 cm³/mol. The van der Waals surface area contributed by atoms with Crippen LogP contribution in [-0.2, 0) is 12.4 Å². The zero-order valence-electron chi connectivity index (χ0n) is 15.1. The smallest absolute Gasteiger partial charge is 0.416 e. The number of carbonyl (C=O) groups is 1. The molecule has 2 aromatic carbocycles. The number of benzene rings is 2. The first-order valence-electron chi connectivity index (χ1n) is 8.42. The van der Waals surface area contributed by atoms with E-state index in [2.05, 4.69) is 0 Å². The summed E-state index contributed by atoms with van der Waals surface area (Å²) >= 11 is 11.9. The Bertz CT molecular complexity index is 1120. The Hall–Kier alpha value is -2.71. The third-order valence-corrected chi connectivity index (χ3v) is 4.73. The van der Waals surface area contributed by atoms with Crippen LogP contribution in [0.15, 0.2) is 59.0 Å². The monoisotopic (exact) mass is 478 g/mol. The number of halogens is 8. The minimum atomic E-state index is -4.62. The number of alkyl halides is 6. The maximum atomic E-state index is 12.8. The topological polar surface area (TPSA) is 30.2 Å². The lowest BCUT2D eigenvalue weighted by Crippen LogP contribution is -2.05. The summed E-state index contributed by atoms with van der Waals surface area (Å²) in [6.45, 7) is 0. The van der Waals surface area contributed by atoms with Crippen molar-refractivity contribution in [2.45, 2.75) is 12.4 Å². The summed E-state index contributed by atoms with van der Waals surface area (Å²) in [7, 11) is 0. The molecule has 0 atom stereocenters. The average molecular weight is 479 g/mol. The number of hydrogen-bond donors (Lipinski definition) is 0. The third kappa shape index (κ3) is 5.32. The second-order valence-electron chi connectivity index (χ2n) is 6.29. The van der Waals surface area contributed by atoms with E-state index in [4.69, 9.17) is 27.6 Å². The van der Waals surface area contributed by atoms with Crippen LogP contribution in [0, 0.1) is 0 Å². The van der Waals surface area contributed by atoms with Crippen LogP contribution in [0.25, 0.3) is 17.4 Å². The van der Waals surface area contributed by atoms with Crippen LogP contribution in [0.4, 0.5) is 26.3 Å². The fourth-order valence-electron chi connectivity index (χ4n) is 2.63. The van der Waals surface area contributed by atoms with Crippen molar-refractivity contribution in [1.82, 2.24) is 0 Å². The third-order valence-electron chi connectivity index (χ3n) is 4.14. The van der Waals surface area contributed by atoms with Crippen LogP contribution in [0.3, 0.4) is 0 Å². The van der Waals surface area contributed by atoms with Crippen molar-refractivity contribution in [1.29, 1.82) is 0 Å². The van der Waals surface area contributed by atoms with Crippen molar-refractivity contribution in [2.24, 2.45) is 0 Å². The first-order chi connectivity index (χ1) is 14.4. The van der Waals surface area contributed by atoms with E-state index < -0.39 is 29.3 Å². The first-order valence-corrected chi connectivity index (χ1v) is 9.18. The number of rotatable bonds is 4.